The lowest BCUT2D eigenvalue weighted by atomic mass is 10.1. The second-order valence-electron chi connectivity index (χ2n) is 2.63. The molecule has 13 heavy (non-hydrogen) atoms. The van der Waals surface area contributed by atoms with Gasteiger partial charge in [0.1, 0.15) is 0 Å². The lowest BCUT2D eigenvalue weighted by molar-refractivity contribution is 1.47. The Balaban J connectivity index is 0.000000396. The van der Waals surface area contributed by atoms with E-state index in [1.165, 1.54) is 10.9 Å². The number of nitrogens with one attached hydrogen (secondary N) is 1. The third-order valence-corrected chi connectivity index (χ3v) is 2.21. The topological polar surface area (TPSA) is 15.8 Å². The maximum atomic E-state index is 5.94. The Morgan fingerprint density at radius 3 is 2.46 bits per heavy atom. The summed E-state index contributed by atoms with van der Waals surface area (Å²) in [5.74, 6) is 0. The largest absolute Gasteiger partial charge is 0.360 e. The Morgan fingerprint density at radius 2 is 1.85 bits per heavy atom. The lowest BCUT2D eigenvalue weighted by Crippen LogP contribution is -1.74. The molecule has 0 aliphatic heterocycles. The van der Waals surface area contributed by atoms with E-state index in [-0.39, 0.29) is 0 Å². The van der Waals surface area contributed by atoms with Crippen molar-refractivity contribution >= 4 is 22.5 Å². The molecule has 0 saturated carbocycles. The predicted octanol–water partition coefficient (Wildman–Crippen LogP) is 4.16. The number of H-pyrrole nitrogens is 1. The minimum atomic E-state index is 0.788. The number of rotatable bonds is 0. The summed E-state index contributed by atoms with van der Waals surface area (Å²) in [5.41, 5.74) is 2.29. The zero-order chi connectivity index (χ0) is 9.84. The van der Waals surface area contributed by atoms with Crippen molar-refractivity contribution in [1.82, 2.24) is 4.98 Å². The van der Waals surface area contributed by atoms with Crippen LogP contribution in [0.25, 0.3) is 10.9 Å². The summed E-state index contributed by atoms with van der Waals surface area (Å²) in [6.45, 7) is 6.08. The van der Waals surface area contributed by atoms with E-state index in [2.05, 4.69) is 11.9 Å². The molecule has 0 spiro atoms. The highest BCUT2D eigenvalue weighted by Crippen LogP contribution is 2.24. The number of aryl methyl sites for hydroxylation is 1. The minimum absolute atomic E-state index is 0.788. The number of fused-ring (bicyclic) bond motifs is 1. The number of aromatic amines is 1. The molecule has 70 valence electrons. The second kappa shape index (κ2) is 4.33. The SMILES string of the molecule is CC.Cc1ccc(Cl)c2[nH]ccc12. The van der Waals surface area contributed by atoms with E-state index in [0.29, 0.717) is 0 Å². The van der Waals surface area contributed by atoms with Crippen LogP contribution in [0.4, 0.5) is 0 Å². The van der Waals surface area contributed by atoms with Gasteiger partial charge in [-0.15, -0.1) is 0 Å². The predicted molar refractivity (Wildman–Crippen MR) is 59.4 cm³/mol. The molecular weight excluding hydrogens is 182 g/mol. The first kappa shape index (κ1) is 10.1. The van der Waals surface area contributed by atoms with Gasteiger partial charge in [-0.05, 0) is 24.6 Å². The summed E-state index contributed by atoms with van der Waals surface area (Å²) < 4.78 is 0. The van der Waals surface area contributed by atoms with Gasteiger partial charge in [-0.2, -0.15) is 0 Å². The average Bonchev–Trinajstić information content (AvgIpc) is 2.64. The highest BCUT2D eigenvalue weighted by Gasteiger charge is 2.00. The zero-order valence-electron chi connectivity index (χ0n) is 8.19. The third kappa shape index (κ3) is 1.86. The van der Waals surface area contributed by atoms with Crippen LogP contribution in [0.5, 0.6) is 0 Å². The van der Waals surface area contributed by atoms with Crippen molar-refractivity contribution in [2.45, 2.75) is 20.8 Å². The summed E-state index contributed by atoms with van der Waals surface area (Å²) >= 11 is 5.94. The monoisotopic (exact) mass is 195 g/mol. The molecule has 1 nitrogen and oxygen atoms in total. The van der Waals surface area contributed by atoms with E-state index >= 15 is 0 Å². The van der Waals surface area contributed by atoms with Gasteiger partial charge in [0, 0.05) is 11.6 Å². The van der Waals surface area contributed by atoms with Gasteiger partial charge in [-0.1, -0.05) is 31.5 Å². The van der Waals surface area contributed by atoms with Crippen molar-refractivity contribution in [3.8, 4) is 0 Å². The first-order valence-electron chi connectivity index (χ1n) is 4.51. The standard InChI is InChI=1S/C9H8ClN.C2H6/c1-6-2-3-8(10)9-7(6)4-5-11-9;1-2/h2-5,11H,1H3;1-2H3. The van der Waals surface area contributed by atoms with Gasteiger partial charge < -0.3 is 4.98 Å². The van der Waals surface area contributed by atoms with Gasteiger partial charge in [0.15, 0.2) is 0 Å². The molecule has 1 N–H and O–H groups in total. The van der Waals surface area contributed by atoms with Crippen LogP contribution in [-0.2, 0) is 0 Å². The van der Waals surface area contributed by atoms with Crippen LogP contribution in [-0.4, -0.2) is 4.98 Å². The van der Waals surface area contributed by atoms with E-state index in [9.17, 15) is 0 Å². The number of halogens is 1. The molecule has 0 bridgehead atoms. The van der Waals surface area contributed by atoms with Crippen LogP contribution in [0.1, 0.15) is 19.4 Å². The summed E-state index contributed by atoms with van der Waals surface area (Å²) in [4.78, 5) is 3.10. The molecule has 0 unspecified atom stereocenters. The minimum Gasteiger partial charge on any atom is -0.360 e. The molecular formula is C11H14ClN. The van der Waals surface area contributed by atoms with Gasteiger partial charge in [-0.3, -0.25) is 0 Å². The van der Waals surface area contributed by atoms with Crippen molar-refractivity contribution in [2.24, 2.45) is 0 Å². The lowest BCUT2D eigenvalue weighted by Gasteiger charge is -1.96. The Kier molecular flexibility index (Phi) is 3.38. The molecule has 0 amide bonds. The maximum Gasteiger partial charge on any atom is 0.0647 e. The molecule has 0 fully saturated rings. The van der Waals surface area contributed by atoms with E-state index in [4.69, 9.17) is 11.6 Å². The summed E-state index contributed by atoms with van der Waals surface area (Å²) in [7, 11) is 0. The van der Waals surface area contributed by atoms with Crippen molar-refractivity contribution in [2.75, 3.05) is 0 Å². The smallest absolute Gasteiger partial charge is 0.0647 e. The molecule has 2 heteroatoms. The first-order valence-corrected chi connectivity index (χ1v) is 4.89. The van der Waals surface area contributed by atoms with Gasteiger partial charge in [0.25, 0.3) is 0 Å². The molecule has 0 aliphatic rings. The van der Waals surface area contributed by atoms with E-state index in [1.807, 2.05) is 38.2 Å². The summed E-state index contributed by atoms with van der Waals surface area (Å²) in [6.07, 6.45) is 1.91. The molecule has 0 atom stereocenters. The molecule has 1 heterocycles. The molecule has 0 radical (unpaired) electrons. The fraction of sp³-hybridized carbons (Fsp3) is 0.273. The van der Waals surface area contributed by atoms with Crippen LogP contribution >= 0.6 is 11.6 Å². The Hall–Kier alpha value is -0.950. The van der Waals surface area contributed by atoms with Gasteiger partial charge in [-0.25, -0.2) is 0 Å². The Morgan fingerprint density at radius 1 is 1.15 bits per heavy atom. The van der Waals surface area contributed by atoms with Crippen LogP contribution in [0.15, 0.2) is 24.4 Å². The van der Waals surface area contributed by atoms with Gasteiger partial charge in [0.05, 0.1) is 10.5 Å². The molecule has 2 rings (SSSR count). The molecule has 0 aliphatic carbocycles. The van der Waals surface area contributed by atoms with Crippen molar-refractivity contribution in [3.05, 3.63) is 35.0 Å². The second-order valence-corrected chi connectivity index (χ2v) is 3.04. The van der Waals surface area contributed by atoms with Crippen LogP contribution in [0.2, 0.25) is 5.02 Å². The molecule has 2 aromatic rings. The summed E-state index contributed by atoms with van der Waals surface area (Å²) in [5, 5.41) is 1.99. The number of aromatic nitrogens is 1. The fourth-order valence-corrected chi connectivity index (χ4v) is 1.49. The number of benzene rings is 1. The Bertz CT molecular complexity index is 354. The number of hydrogen-bond acceptors (Lipinski definition) is 0. The zero-order valence-corrected chi connectivity index (χ0v) is 8.94. The number of hydrogen-bond donors (Lipinski definition) is 1. The van der Waals surface area contributed by atoms with Crippen LogP contribution in [0, 0.1) is 6.92 Å². The maximum absolute atomic E-state index is 5.94. The first-order chi connectivity index (χ1) is 6.29. The highest BCUT2D eigenvalue weighted by atomic mass is 35.5. The Labute approximate surface area is 83.7 Å². The van der Waals surface area contributed by atoms with Gasteiger partial charge in [0.2, 0.25) is 0 Å². The third-order valence-electron chi connectivity index (χ3n) is 1.89. The van der Waals surface area contributed by atoms with E-state index in [1.54, 1.807) is 0 Å². The summed E-state index contributed by atoms with van der Waals surface area (Å²) in [6, 6.07) is 5.98. The molecule has 0 saturated heterocycles. The van der Waals surface area contributed by atoms with E-state index < -0.39 is 0 Å². The van der Waals surface area contributed by atoms with Crippen molar-refractivity contribution < 1.29 is 0 Å². The van der Waals surface area contributed by atoms with Crippen molar-refractivity contribution in [1.29, 1.82) is 0 Å². The normalized spacial score (nSPS) is 9.54. The van der Waals surface area contributed by atoms with Gasteiger partial charge >= 0.3 is 0 Å². The van der Waals surface area contributed by atoms with E-state index in [0.717, 1.165) is 10.5 Å². The van der Waals surface area contributed by atoms with Crippen LogP contribution in [0.3, 0.4) is 0 Å². The highest BCUT2D eigenvalue weighted by molar-refractivity contribution is 6.35. The fourth-order valence-electron chi connectivity index (χ4n) is 1.27. The van der Waals surface area contributed by atoms with Crippen molar-refractivity contribution in [3.63, 3.8) is 0 Å². The molecule has 1 aromatic carbocycles. The quantitative estimate of drug-likeness (QED) is 0.650. The van der Waals surface area contributed by atoms with Crippen LogP contribution < -0.4 is 0 Å². The molecule has 1 aromatic heterocycles. The average molecular weight is 196 g/mol.